The Kier molecular flexibility index (Phi) is 6.03. The van der Waals surface area contributed by atoms with E-state index in [1.54, 1.807) is 0 Å². The molecule has 1 heterocycles. The number of alkyl halides is 3. The van der Waals surface area contributed by atoms with Crippen molar-refractivity contribution in [1.82, 2.24) is 5.32 Å². The van der Waals surface area contributed by atoms with Crippen molar-refractivity contribution in [2.45, 2.75) is 24.7 Å². The highest BCUT2D eigenvalue weighted by atomic mass is 79.9. The maximum atomic E-state index is 12.7. The summed E-state index contributed by atoms with van der Waals surface area (Å²) >= 11 is 2.83. The average molecular weight is 390 g/mol. The zero-order valence-electron chi connectivity index (χ0n) is 10.6. The van der Waals surface area contributed by atoms with E-state index in [9.17, 15) is 23.1 Å². The van der Waals surface area contributed by atoms with Crippen LogP contribution in [0.2, 0.25) is 0 Å². The molecule has 3 N–H and O–H groups in total. The second-order valence-corrected chi connectivity index (χ2v) is 5.39. The molecular formula is C12H13BrClF3N2O2. The molecular weight excluding hydrogens is 376 g/mol. The van der Waals surface area contributed by atoms with Crippen LogP contribution in [-0.4, -0.2) is 29.7 Å². The molecule has 0 aromatic heterocycles. The van der Waals surface area contributed by atoms with Gasteiger partial charge in [-0.25, -0.2) is 0 Å². The number of nitrogens with one attached hydrogen (secondary N) is 2. The third kappa shape index (κ3) is 4.57. The molecule has 118 valence electrons. The third-order valence-corrected chi connectivity index (χ3v) is 3.65. The SMILES string of the molecule is Cl.O=C(Nc1ccc(Br)c(C(F)(F)F)c1)C1CC(O)CN1. The molecule has 2 unspecified atom stereocenters. The Labute approximate surface area is 133 Å². The molecule has 9 heteroatoms. The molecule has 1 aromatic rings. The number of β-amino-alcohol motifs (C(OH)–C–C–N with tert-alkyl or cyclic N) is 1. The number of amides is 1. The highest BCUT2D eigenvalue weighted by Crippen LogP contribution is 2.36. The average Bonchev–Trinajstić information content (AvgIpc) is 2.77. The molecule has 2 rings (SSSR count). The maximum Gasteiger partial charge on any atom is 0.417 e. The van der Waals surface area contributed by atoms with Gasteiger partial charge in [0.05, 0.1) is 17.7 Å². The van der Waals surface area contributed by atoms with Crippen LogP contribution in [0.3, 0.4) is 0 Å². The van der Waals surface area contributed by atoms with Crippen LogP contribution in [0.1, 0.15) is 12.0 Å². The van der Waals surface area contributed by atoms with Gasteiger partial charge in [0, 0.05) is 16.7 Å². The Bertz CT molecular complexity index is 528. The quantitative estimate of drug-likeness (QED) is 0.728. The standard InChI is InChI=1S/C12H12BrF3N2O2.ClH/c13-9-2-1-6(3-8(9)12(14,15)16)18-11(20)10-4-7(19)5-17-10;/h1-3,7,10,17,19H,4-5H2,(H,18,20);1H. The first-order valence-corrected chi connectivity index (χ1v) is 6.65. The number of anilines is 1. The van der Waals surface area contributed by atoms with Gasteiger partial charge in [0.25, 0.3) is 0 Å². The largest absolute Gasteiger partial charge is 0.417 e. The number of hydrogen-bond donors (Lipinski definition) is 3. The molecule has 1 aromatic carbocycles. The van der Waals surface area contributed by atoms with Crippen LogP contribution in [0.5, 0.6) is 0 Å². The molecule has 0 bridgehead atoms. The lowest BCUT2D eigenvalue weighted by Gasteiger charge is -2.14. The number of rotatable bonds is 2. The lowest BCUT2D eigenvalue weighted by Crippen LogP contribution is -2.35. The van der Waals surface area contributed by atoms with Crippen molar-refractivity contribution in [3.05, 3.63) is 28.2 Å². The van der Waals surface area contributed by atoms with Gasteiger partial charge in [0.2, 0.25) is 5.91 Å². The molecule has 0 saturated carbocycles. The second kappa shape index (κ2) is 6.95. The van der Waals surface area contributed by atoms with Crippen LogP contribution in [0, 0.1) is 0 Å². The molecule has 0 radical (unpaired) electrons. The molecule has 1 aliphatic rings. The first-order valence-electron chi connectivity index (χ1n) is 5.86. The minimum atomic E-state index is -4.50. The van der Waals surface area contributed by atoms with Crippen molar-refractivity contribution < 1.29 is 23.1 Å². The minimum Gasteiger partial charge on any atom is -0.392 e. The monoisotopic (exact) mass is 388 g/mol. The fourth-order valence-electron chi connectivity index (χ4n) is 1.97. The van der Waals surface area contributed by atoms with Gasteiger partial charge in [-0.2, -0.15) is 13.2 Å². The summed E-state index contributed by atoms with van der Waals surface area (Å²) in [6.07, 6.45) is -4.86. The summed E-state index contributed by atoms with van der Waals surface area (Å²) in [4.78, 5) is 11.8. The zero-order chi connectivity index (χ0) is 14.9. The van der Waals surface area contributed by atoms with Gasteiger partial charge >= 0.3 is 6.18 Å². The van der Waals surface area contributed by atoms with Gasteiger partial charge in [0.1, 0.15) is 0 Å². The Morgan fingerprint density at radius 3 is 2.62 bits per heavy atom. The van der Waals surface area contributed by atoms with Gasteiger partial charge in [0.15, 0.2) is 0 Å². The minimum absolute atomic E-state index is 0. The fourth-order valence-corrected chi connectivity index (χ4v) is 2.44. The number of benzene rings is 1. The van der Waals surface area contributed by atoms with Crippen LogP contribution in [-0.2, 0) is 11.0 Å². The van der Waals surface area contributed by atoms with Crippen LogP contribution in [0.4, 0.5) is 18.9 Å². The Hall–Kier alpha value is -0.830. The lowest BCUT2D eigenvalue weighted by molar-refractivity contribution is -0.138. The van der Waals surface area contributed by atoms with Crippen molar-refractivity contribution >= 4 is 39.9 Å². The normalized spacial score (nSPS) is 21.8. The van der Waals surface area contributed by atoms with E-state index in [2.05, 4.69) is 26.6 Å². The van der Waals surface area contributed by atoms with E-state index in [1.807, 2.05) is 0 Å². The van der Waals surface area contributed by atoms with Gasteiger partial charge in [-0.05, 0) is 24.6 Å². The van der Waals surface area contributed by atoms with Gasteiger partial charge in [-0.3, -0.25) is 4.79 Å². The van der Waals surface area contributed by atoms with Crippen molar-refractivity contribution in [1.29, 1.82) is 0 Å². The predicted octanol–water partition coefficient (Wildman–Crippen LogP) is 2.55. The van der Waals surface area contributed by atoms with Crippen LogP contribution < -0.4 is 10.6 Å². The fraction of sp³-hybridized carbons (Fsp3) is 0.417. The summed E-state index contributed by atoms with van der Waals surface area (Å²) < 4.78 is 38.1. The molecule has 0 spiro atoms. The van der Waals surface area contributed by atoms with Gasteiger partial charge in [-0.15, -0.1) is 12.4 Å². The summed E-state index contributed by atoms with van der Waals surface area (Å²) in [7, 11) is 0. The molecule has 2 atom stereocenters. The van der Waals surface area contributed by atoms with E-state index in [1.165, 1.54) is 12.1 Å². The van der Waals surface area contributed by atoms with Crippen LogP contribution >= 0.6 is 28.3 Å². The topological polar surface area (TPSA) is 61.4 Å². The van der Waals surface area contributed by atoms with Crippen LogP contribution in [0.15, 0.2) is 22.7 Å². The summed E-state index contributed by atoms with van der Waals surface area (Å²) in [6, 6.07) is 2.88. The summed E-state index contributed by atoms with van der Waals surface area (Å²) in [5.74, 6) is -0.461. The van der Waals surface area contributed by atoms with Crippen molar-refractivity contribution in [3.8, 4) is 0 Å². The van der Waals surface area contributed by atoms with Crippen molar-refractivity contribution in [2.75, 3.05) is 11.9 Å². The summed E-state index contributed by atoms with van der Waals surface area (Å²) in [5.41, 5.74) is -0.788. The van der Waals surface area contributed by atoms with Crippen molar-refractivity contribution in [3.63, 3.8) is 0 Å². The molecule has 4 nitrogen and oxygen atoms in total. The zero-order valence-corrected chi connectivity index (χ0v) is 13.0. The second-order valence-electron chi connectivity index (χ2n) is 4.53. The molecule has 21 heavy (non-hydrogen) atoms. The number of aliphatic hydroxyl groups is 1. The van der Waals surface area contributed by atoms with E-state index in [0.29, 0.717) is 6.54 Å². The van der Waals surface area contributed by atoms with Gasteiger partial charge < -0.3 is 15.7 Å². The Morgan fingerprint density at radius 1 is 1.43 bits per heavy atom. The van der Waals surface area contributed by atoms with E-state index in [0.717, 1.165) is 6.07 Å². The molecule has 1 fully saturated rings. The van der Waals surface area contributed by atoms with Gasteiger partial charge in [-0.1, -0.05) is 15.9 Å². The van der Waals surface area contributed by atoms with Crippen molar-refractivity contribution in [2.24, 2.45) is 0 Å². The highest BCUT2D eigenvalue weighted by Gasteiger charge is 2.33. The smallest absolute Gasteiger partial charge is 0.392 e. The maximum absolute atomic E-state index is 12.7. The van der Waals surface area contributed by atoms with E-state index >= 15 is 0 Å². The van der Waals surface area contributed by atoms with E-state index in [4.69, 9.17) is 0 Å². The Balaban J connectivity index is 0.00000220. The predicted molar refractivity (Wildman–Crippen MR) is 77.4 cm³/mol. The molecule has 0 aliphatic carbocycles. The highest BCUT2D eigenvalue weighted by molar-refractivity contribution is 9.10. The molecule has 1 saturated heterocycles. The third-order valence-electron chi connectivity index (χ3n) is 2.96. The lowest BCUT2D eigenvalue weighted by atomic mass is 10.1. The van der Waals surface area contributed by atoms with E-state index in [-0.39, 0.29) is 29.0 Å². The Morgan fingerprint density at radius 2 is 2.10 bits per heavy atom. The first kappa shape index (κ1) is 18.2. The number of aliphatic hydroxyl groups excluding tert-OH is 1. The summed E-state index contributed by atoms with van der Waals surface area (Å²) in [5, 5.41) is 14.5. The number of carbonyl (C=O) groups excluding carboxylic acids is 1. The molecule has 1 aliphatic heterocycles. The van der Waals surface area contributed by atoms with Crippen LogP contribution in [0.25, 0.3) is 0 Å². The summed E-state index contributed by atoms with van der Waals surface area (Å²) in [6.45, 7) is 0.298. The number of halogens is 5. The van der Waals surface area contributed by atoms with E-state index < -0.39 is 29.8 Å². The first-order chi connectivity index (χ1) is 9.27. The number of carbonyl (C=O) groups is 1. The number of hydrogen-bond acceptors (Lipinski definition) is 3. The molecule has 1 amide bonds.